The SMILES string of the molecule is CC(C)=CCCC(C)CNOCCCCCCCCCCCCN(CCCCCCCCCCCCOCCC(C)CCCC(C)C)CCN(C)C. The van der Waals surface area contributed by atoms with Crippen molar-refractivity contribution in [3.8, 4) is 0 Å². The van der Waals surface area contributed by atoms with E-state index in [1.54, 1.807) is 0 Å². The van der Waals surface area contributed by atoms with Gasteiger partial charge in [-0.2, -0.15) is 0 Å². The van der Waals surface area contributed by atoms with E-state index >= 15 is 0 Å². The summed E-state index contributed by atoms with van der Waals surface area (Å²) in [6.07, 6.45) is 37.7. The zero-order valence-electron chi connectivity index (χ0n) is 37.1. The number of likely N-dealkylation sites (N-methyl/N-ethyl adjacent to an activating group) is 1. The summed E-state index contributed by atoms with van der Waals surface area (Å²) in [6, 6.07) is 0. The predicted molar refractivity (Wildman–Crippen MR) is 232 cm³/mol. The van der Waals surface area contributed by atoms with Crippen LogP contribution in [0.5, 0.6) is 0 Å². The van der Waals surface area contributed by atoms with Gasteiger partial charge in [0.15, 0.2) is 0 Å². The number of ether oxygens (including phenoxy) is 1. The molecular weight excluding hydrogens is 639 g/mol. The summed E-state index contributed by atoms with van der Waals surface area (Å²) in [6.45, 7) is 22.5. The number of hydrogen-bond acceptors (Lipinski definition) is 5. The highest BCUT2D eigenvalue weighted by atomic mass is 16.6. The molecule has 0 aromatic carbocycles. The third kappa shape index (κ3) is 42.3. The van der Waals surface area contributed by atoms with Gasteiger partial charge in [-0.05, 0) is 104 Å². The first-order valence-corrected chi connectivity index (χ1v) is 23.1. The summed E-state index contributed by atoms with van der Waals surface area (Å²) in [7, 11) is 4.43. The standard InChI is InChI=1S/C47H97N3O2/c1-44(2)31-29-33-46(5)35-42-51-40-27-23-19-15-11-9-13-17-21-25-36-50(39-38-49(7)8)37-26-22-18-14-10-12-16-20-24-28-41-52-48-43-47(6)34-30-32-45(3)4/h32,44,46-48H,9-31,33-43H2,1-8H3. The Morgan fingerprint density at radius 3 is 1.50 bits per heavy atom. The van der Waals surface area contributed by atoms with Gasteiger partial charge in [0, 0.05) is 32.8 Å². The summed E-state index contributed by atoms with van der Waals surface area (Å²) in [5.74, 6) is 2.33. The van der Waals surface area contributed by atoms with Crippen molar-refractivity contribution in [2.75, 3.05) is 66.6 Å². The van der Waals surface area contributed by atoms with Crippen LogP contribution >= 0.6 is 0 Å². The van der Waals surface area contributed by atoms with E-state index in [2.05, 4.69) is 77.0 Å². The summed E-state index contributed by atoms with van der Waals surface area (Å²) in [5.41, 5.74) is 4.61. The lowest BCUT2D eigenvalue weighted by atomic mass is 9.98. The van der Waals surface area contributed by atoms with E-state index in [4.69, 9.17) is 9.57 Å². The van der Waals surface area contributed by atoms with Gasteiger partial charge in [-0.25, -0.2) is 5.48 Å². The highest BCUT2D eigenvalue weighted by molar-refractivity contribution is 4.92. The van der Waals surface area contributed by atoms with E-state index in [9.17, 15) is 0 Å². The monoisotopic (exact) mass is 736 g/mol. The number of nitrogens with zero attached hydrogens (tertiary/aromatic N) is 2. The normalized spacial score (nSPS) is 13.1. The summed E-state index contributed by atoms with van der Waals surface area (Å²) in [4.78, 5) is 10.8. The van der Waals surface area contributed by atoms with E-state index in [1.807, 2.05) is 0 Å². The fraction of sp³-hybridized carbons (Fsp3) is 0.957. The molecule has 0 spiro atoms. The average molecular weight is 736 g/mol. The molecule has 0 aromatic rings. The first-order valence-electron chi connectivity index (χ1n) is 23.1. The van der Waals surface area contributed by atoms with Crippen molar-refractivity contribution in [2.45, 2.75) is 208 Å². The Labute approximate surface area is 328 Å². The fourth-order valence-corrected chi connectivity index (χ4v) is 6.99. The molecule has 52 heavy (non-hydrogen) atoms. The predicted octanol–water partition coefficient (Wildman–Crippen LogP) is 13.4. The highest BCUT2D eigenvalue weighted by Crippen LogP contribution is 2.16. The number of hydrogen-bond donors (Lipinski definition) is 1. The first-order chi connectivity index (χ1) is 25.2. The largest absolute Gasteiger partial charge is 0.381 e. The molecule has 0 saturated carbocycles. The Hall–Kier alpha value is -0.460. The van der Waals surface area contributed by atoms with Crippen LogP contribution in [-0.4, -0.2) is 76.4 Å². The maximum Gasteiger partial charge on any atom is 0.0682 e. The number of allylic oxidation sites excluding steroid dienone is 2. The van der Waals surface area contributed by atoms with Crippen LogP contribution in [0.2, 0.25) is 0 Å². The lowest BCUT2D eigenvalue weighted by molar-refractivity contribution is 0.0306. The molecule has 0 aliphatic carbocycles. The molecule has 0 aliphatic rings. The third-order valence-electron chi connectivity index (χ3n) is 10.8. The van der Waals surface area contributed by atoms with Crippen molar-refractivity contribution in [2.24, 2.45) is 17.8 Å². The lowest BCUT2D eigenvalue weighted by Crippen LogP contribution is -2.33. The number of unbranched alkanes of at least 4 members (excludes halogenated alkanes) is 18. The van der Waals surface area contributed by atoms with Gasteiger partial charge >= 0.3 is 0 Å². The van der Waals surface area contributed by atoms with Gasteiger partial charge in [0.2, 0.25) is 0 Å². The minimum absolute atomic E-state index is 0.664. The van der Waals surface area contributed by atoms with Crippen molar-refractivity contribution >= 4 is 0 Å². The van der Waals surface area contributed by atoms with Crippen LogP contribution in [0.1, 0.15) is 208 Å². The van der Waals surface area contributed by atoms with E-state index in [0.29, 0.717) is 5.92 Å². The second-order valence-electron chi connectivity index (χ2n) is 17.7. The molecule has 0 bridgehead atoms. The molecule has 5 nitrogen and oxygen atoms in total. The Kier molecular flexibility index (Phi) is 39.9. The molecule has 0 fully saturated rings. The van der Waals surface area contributed by atoms with Gasteiger partial charge in [-0.1, -0.05) is 161 Å². The van der Waals surface area contributed by atoms with Crippen LogP contribution in [0, 0.1) is 17.8 Å². The summed E-state index contributed by atoms with van der Waals surface area (Å²) >= 11 is 0. The number of hydroxylamine groups is 1. The fourth-order valence-electron chi connectivity index (χ4n) is 6.99. The second kappa shape index (κ2) is 40.2. The van der Waals surface area contributed by atoms with Crippen LogP contribution in [0.15, 0.2) is 11.6 Å². The molecule has 0 amide bonds. The molecule has 0 saturated heterocycles. The second-order valence-corrected chi connectivity index (χ2v) is 17.7. The molecule has 0 radical (unpaired) electrons. The van der Waals surface area contributed by atoms with Crippen LogP contribution < -0.4 is 5.48 Å². The number of rotatable bonds is 42. The van der Waals surface area contributed by atoms with Crippen molar-refractivity contribution in [3.63, 3.8) is 0 Å². The summed E-state index contributed by atoms with van der Waals surface area (Å²) in [5, 5.41) is 0. The van der Waals surface area contributed by atoms with Gasteiger partial charge in [0.05, 0.1) is 6.61 Å². The molecule has 0 heterocycles. The minimum atomic E-state index is 0.664. The van der Waals surface area contributed by atoms with Gasteiger partial charge < -0.3 is 19.4 Å². The van der Waals surface area contributed by atoms with Gasteiger partial charge in [0.1, 0.15) is 0 Å². The maximum absolute atomic E-state index is 5.92. The molecule has 0 aromatic heterocycles. The molecule has 2 atom stereocenters. The van der Waals surface area contributed by atoms with Crippen LogP contribution in [0.3, 0.4) is 0 Å². The molecule has 312 valence electrons. The Balaban J connectivity index is 3.58. The Bertz CT molecular complexity index is 723. The van der Waals surface area contributed by atoms with E-state index in [1.165, 1.54) is 199 Å². The highest BCUT2D eigenvalue weighted by Gasteiger charge is 2.07. The maximum atomic E-state index is 5.92. The van der Waals surface area contributed by atoms with Gasteiger partial charge in [0.25, 0.3) is 0 Å². The Morgan fingerprint density at radius 1 is 0.500 bits per heavy atom. The quantitative estimate of drug-likeness (QED) is 0.0384. The van der Waals surface area contributed by atoms with Gasteiger partial charge in [-0.15, -0.1) is 0 Å². The molecule has 0 rings (SSSR count). The molecule has 2 unspecified atom stereocenters. The Morgan fingerprint density at radius 2 is 1.00 bits per heavy atom. The van der Waals surface area contributed by atoms with Crippen LogP contribution in [0.4, 0.5) is 0 Å². The van der Waals surface area contributed by atoms with Crippen LogP contribution in [-0.2, 0) is 9.57 Å². The molecule has 0 aliphatic heterocycles. The topological polar surface area (TPSA) is 37.0 Å². The van der Waals surface area contributed by atoms with E-state index < -0.39 is 0 Å². The first kappa shape index (κ1) is 51.5. The third-order valence-corrected chi connectivity index (χ3v) is 10.8. The van der Waals surface area contributed by atoms with Crippen LogP contribution in [0.25, 0.3) is 0 Å². The van der Waals surface area contributed by atoms with Crippen molar-refractivity contribution in [1.82, 2.24) is 15.3 Å². The zero-order chi connectivity index (χ0) is 38.3. The molecule has 1 N–H and O–H groups in total. The van der Waals surface area contributed by atoms with Gasteiger partial charge in [-0.3, -0.25) is 0 Å². The van der Waals surface area contributed by atoms with E-state index in [-0.39, 0.29) is 0 Å². The van der Waals surface area contributed by atoms with Crippen molar-refractivity contribution in [3.05, 3.63) is 11.6 Å². The lowest BCUT2D eigenvalue weighted by Gasteiger charge is -2.24. The zero-order valence-corrected chi connectivity index (χ0v) is 37.1. The van der Waals surface area contributed by atoms with Crippen molar-refractivity contribution in [1.29, 1.82) is 0 Å². The minimum Gasteiger partial charge on any atom is -0.381 e. The van der Waals surface area contributed by atoms with Crippen molar-refractivity contribution < 1.29 is 9.57 Å². The molecular formula is C47H97N3O2. The summed E-state index contributed by atoms with van der Waals surface area (Å²) < 4.78 is 5.92. The average Bonchev–Trinajstić information content (AvgIpc) is 3.09. The number of nitrogens with one attached hydrogen (secondary N) is 1. The molecule has 5 heteroatoms. The van der Waals surface area contributed by atoms with E-state index in [0.717, 1.165) is 38.2 Å². The smallest absolute Gasteiger partial charge is 0.0682 e.